The van der Waals surface area contributed by atoms with Gasteiger partial charge in [0, 0.05) is 18.3 Å². The van der Waals surface area contributed by atoms with Crippen LogP contribution >= 0.6 is 11.3 Å². The lowest BCUT2D eigenvalue weighted by Gasteiger charge is -2.03. The van der Waals surface area contributed by atoms with Crippen LogP contribution in [0.25, 0.3) is 0 Å². The number of benzene rings is 1. The number of aryl methyl sites for hydroxylation is 1. The van der Waals surface area contributed by atoms with Crippen LogP contribution in [-0.2, 0) is 22.4 Å². The van der Waals surface area contributed by atoms with Crippen molar-refractivity contribution in [1.29, 1.82) is 0 Å². The molecule has 0 radical (unpaired) electrons. The van der Waals surface area contributed by atoms with Gasteiger partial charge < -0.3 is 10.1 Å². The zero-order valence-corrected chi connectivity index (χ0v) is 12.6. The zero-order valence-electron chi connectivity index (χ0n) is 11.8. The number of thiazole rings is 1. The summed E-state index contributed by atoms with van der Waals surface area (Å²) < 4.78 is 17.4. The van der Waals surface area contributed by atoms with Gasteiger partial charge >= 0.3 is 5.97 Å². The Bertz CT molecular complexity index is 584. The highest BCUT2D eigenvalue weighted by Gasteiger charge is 2.05. The van der Waals surface area contributed by atoms with Crippen LogP contribution in [0.2, 0.25) is 0 Å². The fourth-order valence-electron chi connectivity index (χ4n) is 1.80. The SMILES string of the molecule is COC(=O)CCc1csc(NCCc2ccc(F)cc2)n1. The molecule has 0 aliphatic rings. The van der Waals surface area contributed by atoms with Gasteiger partial charge in [0.2, 0.25) is 0 Å². The quantitative estimate of drug-likeness (QED) is 0.799. The number of methoxy groups -OCH3 is 1. The average Bonchev–Trinajstić information content (AvgIpc) is 2.95. The van der Waals surface area contributed by atoms with Gasteiger partial charge in [0.05, 0.1) is 19.2 Å². The number of nitrogens with one attached hydrogen (secondary N) is 1. The van der Waals surface area contributed by atoms with Crippen molar-refractivity contribution in [2.24, 2.45) is 0 Å². The van der Waals surface area contributed by atoms with Gasteiger partial charge in [-0.3, -0.25) is 4.79 Å². The van der Waals surface area contributed by atoms with Crippen LogP contribution in [0.1, 0.15) is 17.7 Å². The average molecular weight is 308 g/mol. The minimum atomic E-state index is -0.228. The number of esters is 1. The molecule has 0 saturated heterocycles. The molecule has 0 bridgehead atoms. The normalized spacial score (nSPS) is 10.4. The van der Waals surface area contributed by atoms with E-state index < -0.39 is 0 Å². The molecule has 112 valence electrons. The Hall–Kier alpha value is -1.95. The summed E-state index contributed by atoms with van der Waals surface area (Å²) in [5, 5.41) is 5.99. The summed E-state index contributed by atoms with van der Waals surface area (Å²) in [4.78, 5) is 15.5. The van der Waals surface area contributed by atoms with Crippen LogP contribution in [0.4, 0.5) is 9.52 Å². The Morgan fingerprint density at radius 2 is 2.10 bits per heavy atom. The minimum Gasteiger partial charge on any atom is -0.469 e. The Balaban J connectivity index is 1.75. The standard InChI is InChI=1S/C15H17FN2O2S/c1-20-14(19)7-6-13-10-21-15(18-13)17-9-8-11-2-4-12(16)5-3-11/h2-5,10H,6-9H2,1H3,(H,17,18). The second-order valence-electron chi connectivity index (χ2n) is 4.52. The highest BCUT2D eigenvalue weighted by molar-refractivity contribution is 7.13. The molecular formula is C15H17FN2O2S. The molecule has 0 spiro atoms. The number of aromatic nitrogens is 1. The maximum absolute atomic E-state index is 12.8. The molecule has 0 aliphatic carbocycles. The summed E-state index contributed by atoms with van der Waals surface area (Å²) in [5.41, 5.74) is 1.96. The van der Waals surface area contributed by atoms with Crippen LogP contribution in [-0.4, -0.2) is 24.6 Å². The number of hydrogen-bond acceptors (Lipinski definition) is 5. The van der Waals surface area contributed by atoms with Gasteiger partial charge in [-0.1, -0.05) is 12.1 Å². The molecule has 21 heavy (non-hydrogen) atoms. The Kier molecular flexibility index (Phi) is 5.68. The van der Waals surface area contributed by atoms with Crippen LogP contribution in [0.5, 0.6) is 0 Å². The zero-order chi connectivity index (χ0) is 15.1. The summed E-state index contributed by atoms with van der Waals surface area (Å²) in [6, 6.07) is 6.48. The summed E-state index contributed by atoms with van der Waals surface area (Å²) in [6.07, 6.45) is 1.73. The Morgan fingerprint density at radius 1 is 1.33 bits per heavy atom. The molecule has 0 atom stereocenters. The molecule has 2 aromatic rings. The summed E-state index contributed by atoms with van der Waals surface area (Å²) in [5.74, 6) is -0.448. The minimum absolute atomic E-state index is 0.220. The maximum Gasteiger partial charge on any atom is 0.305 e. The molecule has 1 heterocycles. The van der Waals surface area contributed by atoms with Crippen molar-refractivity contribution in [3.63, 3.8) is 0 Å². The number of halogens is 1. The Labute approximate surface area is 127 Å². The number of anilines is 1. The largest absolute Gasteiger partial charge is 0.469 e. The number of carbonyl (C=O) groups excluding carboxylic acids is 1. The lowest BCUT2D eigenvalue weighted by molar-refractivity contribution is -0.140. The van der Waals surface area contributed by atoms with Crippen molar-refractivity contribution >= 4 is 22.4 Å². The van der Waals surface area contributed by atoms with E-state index in [0.717, 1.165) is 29.4 Å². The highest BCUT2D eigenvalue weighted by atomic mass is 32.1. The highest BCUT2D eigenvalue weighted by Crippen LogP contribution is 2.16. The van der Waals surface area contributed by atoms with Crippen molar-refractivity contribution < 1.29 is 13.9 Å². The molecule has 4 nitrogen and oxygen atoms in total. The van der Waals surface area contributed by atoms with Gasteiger partial charge in [0.15, 0.2) is 5.13 Å². The number of nitrogens with zero attached hydrogens (tertiary/aromatic N) is 1. The first-order chi connectivity index (χ1) is 10.2. The molecule has 1 N–H and O–H groups in total. The molecule has 0 fully saturated rings. The molecule has 0 saturated carbocycles. The van der Waals surface area contributed by atoms with Crippen molar-refractivity contribution in [3.8, 4) is 0 Å². The summed E-state index contributed by atoms with van der Waals surface area (Å²) in [7, 11) is 1.38. The van der Waals surface area contributed by atoms with E-state index in [2.05, 4.69) is 15.0 Å². The number of ether oxygens (including phenoxy) is 1. The monoisotopic (exact) mass is 308 g/mol. The van der Waals surface area contributed by atoms with Crippen LogP contribution < -0.4 is 5.32 Å². The summed E-state index contributed by atoms with van der Waals surface area (Å²) >= 11 is 1.51. The Morgan fingerprint density at radius 3 is 2.81 bits per heavy atom. The van der Waals surface area contributed by atoms with Crippen LogP contribution in [0.3, 0.4) is 0 Å². The van der Waals surface area contributed by atoms with Crippen LogP contribution in [0.15, 0.2) is 29.6 Å². The third-order valence-corrected chi connectivity index (χ3v) is 3.82. The van der Waals surface area contributed by atoms with E-state index in [9.17, 15) is 9.18 Å². The smallest absolute Gasteiger partial charge is 0.305 e. The number of rotatable bonds is 7. The van der Waals surface area contributed by atoms with Crippen molar-refractivity contribution in [1.82, 2.24) is 4.98 Å². The van der Waals surface area contributed by atoms with Gasteiger partial charge in [-0.25, -0.2) is 9.37 Å². The first-order valence-corrected chi connectivity index (χ1v) is 7.55. The lowest BCUT2D eigenvalue weighted by Crippen LogP contribution is -2.05. The van der Waals surface area contributed by atoms with Gasteiger partial charge in [-0.05, 0) is 24.1 Å². The molecular weight excluding hydrogens is 291 g/mol. The number of hydrogen-bond donors (Lipinski definition) is 1. The van der Waals surface area contributed by atoms with E-state index in [0.29, 0.717) is 12.8 Å². The van der Waals surface area contributed by atoms with E-state index in [4.69, 9.17) is 0 Å². The van der Waals surface area contributed by atoms with E-state index in [1.807, 2.05) is 5.38 Å². The second-order valence-corrected chi connectivity index (χ2v) is 5.38. The second kappa shape index (κ2) is 7.73. The molecule has 2 rings (SSSR count). The van der Waals surface area contributed by atoms with Crippen molar-refractivity contribution in [3.05, 3.63) is 46.7 Å². The molecule has 1 aromatic heterocycles. The van der Waals surface area contributed by atoms with Crippen LogP contribution in [0, 0.1) is 5.82 Å². The topological polar surface area (TPSA) is 51.2 Å². The van der Waals surface area contributed by atoms with E-state index in [1.54, 1.807) is 12.1 Å². The van der Waals surface area contributed by atoms with E-state index >= 15 is 0 Å². The van der Waals surface area contributed by atoms with Crippen molar-refractivity contribution in [2.75, 3.05) is 19.0 Å². The predicted molar refractivity (Wildman–Crippen MR) is 81.0 cm³/mol. The van der Waals surface area contributed by atoms with Gasteiger partial charge in [0.25, 0.3) is 0 Å². The van der Waals surface area contributed by atoms with Gasteiger partial charge in [0.1, 0.15) is 5.82 Å². The lowest BCUT2D eigenvalue weighted by atomic mass is 10.1. The maximum atomic E-state index is 12.8. The first-order valence-electron chi connectivity index (χ1n) is 6.67. The van der Waals surface area contributed by atoms with Gasteiger partial charge in [-0.15, -0.1) is 11.3 Å². The fourth-order valence-corrected chi connectivity index (χ4v) is 2.57. The molecule has 0 unspecified atom stereocenters. The molecule has 0 aliphatic heterocycles. The first kappa shape index (κ1) is 15.4. The van der Waals surface area contributed by atoms with E-state index in [-0.39, 0.29) is 11.8 Å². The third-order valence-electron chi connectivity index (χ3n) is 2.97. The summed E-state index contributed by atoms with van der Waals surface area (Å²) in [6.45, 7) is 0.732. The van der Waals surface area contributed by atoms with E-state index in [1.165, 1.54) is 30.6 Å². The van der Waals surface area contributed by atoms with Crippen molar-refractivity contribution in [2.45, 2.75) is 19.3 Å². The predicted octanol–water partition coefficient (Wildman–Crippen LogP) is 3.04. The molecule has 1 aromatic carbocycles. The van der Waals surface area contributed by atoms with Gasteiger partial charge in [-0.2, -0.15) is 0 Å². The molecule has 0 amide bonds. The fraction of sp³-hybridized carbons (Fsp3) is 0.333. The molecule has 6 heteroatoms. The number of carbonyl (C=O) groups is 1. The third kappa shape index (κ3) is 5.15.